The first-order valence-corrected chi connectivity index (χ1v) is 8.46. The SMILES string of the molecule is CC(NC(=O)c1cccc(Cl)c1Cl)C(=O)N1CCCCC1CN.Cl. The normalized spacial score (nSPS) is 18.5. The number of nitrogens with one attached hydrogen (secondary N) is 1. The fourth-order valence-electron chi connectivity index (χ4n) is 2.80. The Morgan fingerprint density at radius 2 is 2.08 bits per heavy atom. The topological polar surface area (TPSA) is 75.4 Å². The molecular weight excluding hydrogens is 373 g/mol. The van der Waals surface area contributed by atoms with E-state index in [0.29, 0.717) is 18.1 Å². The Bertz CT molecular complexity index is 598. The van der Waals surface area contributed by atoms with E-state index in [1.54, 1.807) is 30.0 Å². The Kier molecular flexibility index (Phi) is 8.30. The maximum absolute atomic E-state index is 12.6. The summed E-state index contributed by atoms with van der Waals surface area (Å²) in [6.45, 7) is 2.78. The van der Waals surface area contributed by atoms with Crippen LogP contribution in [-0.4, -0.2) is 41.9 Å². The van der Waals surface area contributed by atoms with Gasteiger partial charge < -0.3 is 16.0 Å². The number of hydrogen-bond donors (Lipinski definition) is 2. The number of likely N-dealkylation sites (tertiary alicyclic amines) is 1. The number of nitrogens with two attached hydrogens (primary N) is 1. The van der Waals surface area contributed by atoms with Gasteiger partial charge in [0.05, 0.1) is 15.6 Å². The van der Waals surface area contributed by atoms with Crippen molar-refractivity contribution in [3.8, 4) is 0 Å². The lowest BCUT2D eigenvalue weighted by molar-refractivity contribution is -0.136. The highest BCUT2D eigenvalue weighted by Gasteiger charge is 2.29. The minimum absolute atomic E-state index is 0. The molecule has 1 saturated heterocycles. The molecule has 0 aliphatic carbocycles. The lowest BCUT2D eigenvalue weighted by Crippen LogP contribution is -2.54. The van der Waals surface area contributed by atoms with Crippen LogP contribution in [0.4, 0.5) is 0 Å². The first-order valence-electron chi connectivity index (χ1n) is 7.71. The summed E-state index contributed by atoms with van der Waals surface area (Å²) in [6.07, 6.45) is 2.94. The zero-order valence-electron chi connectivity index (χ0n) is 13.4. The highest BCUT2D eigenvalue weighted by atomic mass is 35.5. The molecule has 1 aliphatic heterocycles. The predicted molar refractivity (Wildman–Crippen MR) is 99.0 cm³/mol. The van der Waals surface area contributed by atoms with Gasteiger partial charge in [-0.3, -0.25) is 9.59 Å². The monoisotopic (exact) mass is 393 g/mol. The minimum Gasteiger partial charge on any atom is -0.340 e. The number of benzene rings is 1. The molecule has 2 atom stereocenters. The zero-order valence-corrected chi connectivity index (χ0v) is 15.8. The summed E-state index contributed by atoms with van der Waals surface area (Å²) in [6, 6.07) is 4.22. The maximum atomic E-state index is 12.6. The Balaban J connectivity index is 0.00000288. The third kappa shape index (κ3) is 4.76. The van der Waals surface area contributed by atoms with Crippen LogP contribution in [0.1, 0.15) is 36.5 Å². The van der Waals surface area contributed by atoms with Crippen LogP contribution >= 0.6 is 35.6 Å². The third-order valence-corrected chi connectivity index (χ3v) is 4.92. The Morgan fingerprint density at radius 3 is 2.75 bits per heavy atom. The van der Waals surface area contributed by atoms with Crippen molar-refractivity contribution >= 4 is 47.4 Å². The van der Waals surface area contributed by atoms with E-state index in [1.165, 1.54) is 0 Å². The molecule has 3 N–H and O–H groups in total. The van der Waals surface area contributed by atoms with Crippen LogP contribution < -0.4 is 11.1 Å². The van der Waals surface area contributed by atoms with E-state index in [0.717, 1.165) is 19.3 Å². The molecule has 0 saturated carbocycles. The van der Waals surface area contributed by atoms with E-state index in [9.17, 15) is 9.59 Å². The second kappa shape index (κ2) is 9.47. The van der Waals surface area contributed by atoms with Crippen molar-refractivity contribution in [3.05, 3.63) is 33.8 Å². The predicted octanol–water partition coefficient (Wildman–Crippen LogP) is 2.87. The van der Waals surface area contributed by atoms with Crippen LogP contribution in [-0.2, 0) is 4.79 Å². The van der Waals surface area contributed by atoms with Crippen molar-refractivity contribution in [3.63, 3.8) is 0 Å². The van der Waals surface area contributed by atoms with Crippen LogP contribution in [0.25, 0.3) is 0 Å². The molecule has 2 amide bonds. The van der Waals surface area contributed by atoms with E-state index >= 15 is 0 Å². The summed E-state index contributed by atoms with van der Waals surface area (Å²) in [7, 11) is 0. The molecule has 2 unspecified atom stereocenters. The van der Waals surface area contributed by atoms with E-state index in [4.69, 9.17) is 28.9 Å². The standard InChI is InChI=1S/C16H21Cl2N3O2.ClH/c1-10(16(23)21-8-3-2-5-11(21)9-19)20-15(22)12-6-4-7-13(17)14(12)18;/h4,6-7,10-11H,2-3,5,8-9,19H2,1H3,(H,20,22);1H. The van der Waals surface area contributed by atoms with Crippen molar-refractivity contribution in [2.24, 2.45) is 5.73 Å². The molecule has 0 radical (unpaired) electrons. The van der Waals surface area contributed by atoms with Gasteiger partial charge in [0.15, 0.2) is 0 Å². The molecule has 2 rings (SSSR count). The number of carbonyl (C=O) groups is 2. The highest BCUT2D eigenvalue weighted by molar-refractivity contribution is 6.43. The smallest absolute Gasteiger partial charge is 0.253 e. The van der Waals surface area contributed by atoms with Crippen LogP contribution in [0, 0.1) is 0 Å². The molecule has 0 bridgehead atoms. The molecule has 1 aromatic carbocycles. The number of halogens is 3. The first kappa shape index (κ1) is 21.0. The average Bonchev–Trinajstić information content (AvgIpc) is 2.56. The number of carbonyl (C=O) groups excluding carboxylic acids is 2. The molecule has 1 heterocycles. The van der Waals surface area contributed by atoms with Gasteiger partial charge in [-0.25, -0.2) is 0 Å². The van der Waals surface area contributed by atoms with E-state index in [2.05, 4.69) is 5.32 Å². The van der Waals surface area contributed by atoms with Crippen LogP contribution in [0.2, 0.25) is 10.0 Å². The van der Waals surface area contributed by atoms with Gasteiger partial charge in [0.2, 0.25) is 5.91 Å². The summed E-state index contributed by atoms with van der Waals surface area (Å²) < 4.78 is 0. The Hall–Kier alpha value is -1.01. The molecule has 8 heteroatoms. The van der Waals surface area contributed by atoms with E-state index in [1.807, 2.05) is 0 Å². The maximum Gasteiger partial charge on any atom is 0.253 e. The minimum atomic E-state index is -0.648. The van der Waals surface area contributed by atoms with E-state index < -0.39 is 11.9 Å². The van der Waals surface area contributed by atoms with Crippen LogP contribution in [0.5, 0.6) is 0 Å². The van der Waals surface area contributed by atoms with Crippen LogP contribution in [0.3, 0.4) is 0 Å². The molecule has 1 aromatic rings. The molecule has 5 nitrogen and oxygen atoms in total. The number of piperidine rings is 1. The molecule has 0 aromatic heterocycles. The summed E-state index contributed by atoms with van der Waals surface area (Å²) in [5.74, 6) is -0.536. The van der Waals surface area contributed by atoms with Gasteiger partial charge in [0.25, 0.3) is 5.91 Å². The molecular formula is C16H22Cl3N3O2. The lowest BCUT2D eigenvalue weighted by atomic mass is 10.0. The van der Waals surface area contributed by atoms with Crippen molar-refractivity contribution in [1.29, 1.82) is 0 Å². The largest absolute Gasteiger partial charge is 0.340 e. The fourth-order valence-corrected chi connectivity index (χ4v) is 3.19. The van der Waals surface area contributed by atoms with Gasteiger partial charge in [-0.1, -0.05) is 29.3 Å². The van der Waals surface area contributed by atoms with Gasteiger partial charge >= 0.3 is 0 Å². The third-order valence-electron chi connectivity index (χ3n) is 4.10. The summed E-state index contributed by atoms with van der Waals surface area (Å²) in [5, 5.41) is 3.18. The summed E-state index contributed by atoms with van der Waals surface area (Å²) in [5.41, 5.74) is 6.00. The van der Waals surface area contributed by atoms with Gasteiger partial charge in [-0.15, -0.1) is 12.4 Å². The molecule has 1 aliphatic rings. The number of nitrogens with zero attached hydrogens (tertiary/aromatic N) is 1. The number of rotatable bonds is 4. The van der Waals surface area contributed by atoms with Gasteiger partial charge in [-0.05, 0) is 38.3 Å². The van der Waals surface area contributed by atoms with Gasteiger partial charge in [-0.2, -0.15) is 0 Å². The number of hydrogen-bond acceptors (Lipinski definition) is 3. The Morgan fingerprint density at radius 1 is 1.38 bits per heavy atom. The van der Waals surface area contributed by atoms with Crippen molar-refractivity contribution < 1.29 is 9.59 Å². The Labute approximate surface area is 158 Å². The van der Waals surface area contributed by atoms with Gasteiger partial charge in [0.1, 0.15) is 6.04 Å². The van der Waals surface area contributed by atoms with Crippen LogP contribution in [0.15, 0.2) is 18.2 Å². The fraction of sp³-hybridized carbons (Fsp3) is 0.500. The quantitative estimate of drug-likeness (QED) is 0.824. The van der Waals surface area contributed by atoms with E-state index in [-0.39, 0.29) is 34.9 Å². The molecule has 24 heavy (non-hydrogen) atoms. The van der Waals surface area contributed by atoms with Crippen molar-refractivity contribution in [2.75, 3.05) is 13.1 Å². The second-order valence-electron chi connectivity index (χ2n) is 5.71. The lowest BCUT2D eigenvalue weighted by Gasteiger charge is -2.36. The first-order chi connectivity index (χ1) is 11.0. The summed E-state index contributed by atoms with van der Waals surface area (Å²) in [4.78, 5) is 26.7. The second-order valence-corrected chi connectivity index (χ2v) is 6.50. The highest BCUT2D eigenvalue weighted by Crippen LogP contribution is 2.25. The number of amides is 2. The summed E-state index contributed by atoms with van der Waals surface area (Å²) >= 11 is 12.0. The van der Waals surface area contributed by atoms with Crippen molar-refractivity contribution in [2.45, 2.75) is 38.3 Å². The molecule has 134 valence electrons. The zero-order chi connectivity index (χ0) is 17.0. The average molecular weight is 395 g/mol. The van der Waals surface area contributed by atoms with Gasteiger partial charge in [0, 0.05) is 19.1 Å². The molecule has 1 fully saturated rings. The molecule has 0 spiro atoms. The van der Waals surface area contributed by atoms with Crippen molar-refractivity contribution in [1.82, 2.24) is 10.2 Å².